The van der Waals surface area contributed by atoms with E-state index in [0.29, 0.717) is 30.8 Å². The van der Waals surface area contributed by atoms with E-state index in [-0.39, 0.29) is 11.7 Å². The average molecular weight is 290 g/mol. The van der Waals surface area contributed by atoms with E-state index in [1.54, 1.807) is 19.2 Å². The Kier molecular flexibility index (Phi) is 4.57. The van der Waals surface area contributed by atoms with E-state index in [1.807, 2.05) is 6.92 Å². The first-order valence-corrected chi connectivity index (χ1v) is 6.87. The standard InChI is InChI=1S/C15H19FN4O/c1-3-12-13(17)14(20(2)19-12)15(21)18-9-8-10-4-6-11(16)7-5-10/h4-7H,3,8-9,17H2,1-2H3,(H,18,21). The van der Waals surface area contributed by atoms with Gasteiger partial charge in [-0.05, 0) is 30.5 Å². The van der Waals surface area contributed by atoms with Gasteiger partial charge in [-0.3, -0.25) is 9.48 Å². The Morgan fingerprint density at radius 3 is 2.62 bits per heavy atom. The van der Waals surface area contributed by atoms with Crippen LogP contribution in [0.25, 0.3) is 0 Å². The molecular formula is C15H19FN4O. The summed E-state index contributed by atoms with van der Waals surface area (Å²) < 4.78 is 14.3. The molecule has 1 aromatic heterocycles. The number of carbonyl (C=O) groups excluding carboxylic acids is 1. The van der Waals surface area contributed by atoms with Crippen molar-refractivity contribution < 1.29 is 9.18 Å². The molecule has 6 heteroatoms. The number of nitrogens with zero attached hydrogens (tertiary/aromatic N) is 2. The molecule has 0 saturated carbocycles. The number of benzene rings is 1. The summed E-state index contributed by atoms with van der Waals surface area (Å²) in [7, 11) is 1.70. The second kappa shape index (κ2) is 6.39. The third-order valence-corrected chi connectivity index (χ3v) is 3.32. The lowest BCUT2D eigenvalue weighted by molar-refractivity contribution is 0.0945. The molecule has 0 spiro atoms. The highest BCUT2D eigenvalue weighted by atomic mass is 19.1. The zero-order valence-electron chi connectivity index (χ0n) is 12.2. The quantitative estimate of drug-likeness (QED) is 0.880. The molecule has 0 radical (unpaired) electrons. The van der Waals surface area contributed by atoms with Gasteiger partial charge in [0.15, 0.2) is 0 Å². The second-order valence-corrected chi connectivity index (χ2v) is 4.82. The van der Waals surface area contributed by atoms with Crippen LogP contribution < -0.4 is 11.1 Å². The van der Waals surface area contributed by atoms with Gasteiger partial charge in [-0.25, -0.2) is 4.39 Å². The van der Waals surface area contributed by atoms with Gasteiger partial charge >= 0.3 is 0 Å². The number of nitrogens with two attached hydrogens (primary N) is 1. The lowest BCUT2D eigenvalue weighted by Gasteiger charge is -2.06. The average Bonchev–Trinajstić information content (AvgIpc) is 2.75. The Bertz CT molecular complexity index is 634. The Hall–Kier alpha value is -2.37. The minimum atomic E-state index is -0.266. The van der Waals surface area contributed by atoms with Gasteiger partial charge in [-0.1, -0.05) is 19.1 Å². The molecule has 0 aliphatic heterocycles. The van der Waals surface area contributed by atoms with Crippen LogP contribution in [0.5, 0.6) is 0 Å². The fourth-order valence-electron chi connectivity index (χ4n) is 2.18. The predicted molar refractivity (Wildman–Crippen MR) is 79.4 cm³/mol. The van der Waals surface area contributed by atoms with Crippen molar-refractivity contribution >= 4 is 11.6 Å². The normalized spacial score (nSPS) is 10.6. The molecule has 2 aromatic rings. The van der Waals surface area contributed by atoms with Crippen molar-refractivity contribution in [1.29, 1.82) is 0 Å². The zero-order chi connectivity index (χ0) is 15.4. The third kappa shape index (κ3) is 3.39. The maximum absolute atomic E-state index is 12.8. The molecule has 1 aromatic carbocycles. The van der Waals surface area contributed by atoms with Crippen molar-refractivity contribution in [3.05, 3.63) is 47.0 Å². The summed E-state index contributed by atoms with van der Waals surface area (Å²) in [5.41, 5.74) is 8.42. The summed E-state index contributed by atoms with van der Waals surface area (Å²) in [6.07, 6.45) is 1.31. The van der Waals surface area contributed by atoms with Gasteiger partial charge in [0.2, 0.25) is 0 Å². The van der Waals surface area contributed by atoms with Gasteiger partial charge in [-0.2, -0.15) is 5.10 Å². The molecule has 0 fully saturated rings. The zero-order valence-corrected chi connectivity index (χ0v) is 12.2. The van der Waals surface area contributed by atoms with Gasteiger partial charge in [-0.15, -0.1) is 0 Å². The number of hydrogen-bond donors (Lipinski definition) is 2. The first kappa shape index (κ1) is 15.0. The number of halogens is 1. The molecule has 3 N–H and O–H groups in total. The predicted octanol–water partition coefficient (Wildman–Crippen LogP) is 1.68. The Morgan fingerprint density at radius 1 is 1.38 bits per heavy atom. The first-order valence-electron chi connectivity index (χ1n) is 6.87. The molecule has 1 amide bonds. The minimum Gasteiger partial charge on any atom is -0.395 e. The highest BCUT2D eigenvalue weighted by molar-refractivity contribution is 5.97. The lowest BCUT2D eigenvalue weighted by atomic mass is 10.1. The van der Waals surface area contributed by atoms with Crippen LogP contribution in [0.4, 0.5) is 10.1 Å². The van der Waals surface area contributed by atoms with E-state index in [9.17, 15) is 9.18 Å². The maximum atomic E-state index is 12.8. The van der Waals surface area contributed by atoms with E-state index in [2.05, 4.69) is 10.4 Å². The fraction of sp³-hybridized carbons (Fsp3) is 0.333. The van der Waals surface area contributed by atoms with Crippen LogP contribution in [0, 0.1) is 5.82 Å². The van der Waals surface area contributed by atoms with Crippen LogP contribution >= 0.6 is 0 Å². The number of anilines is 1. The second-order valence-electron chi connectivity index (χ2n) is 4.82. The maximum Gasteiger partial charge on any atom is 0.271 e. The molecule has 0 unspecified atom stereocenters. The number of nitrogens with one attached hydrogen (secondary N) is 1. The minimum absolute atomic E-state index is 0.246. The van der Waals surface area contributed by atoms with Crippen molar-refractivity contribution in [3.8, 4) is 0 Å². The molecule has 5 nitrogen and oxygen atoms in total. The molecule has 0 atom stereocenters. The molecule has 112 valence electrons. The molecular weight excluding hydrogens is 271 g/mol. The molecule has 21 heavy (non-hydrogen) atoms. The molecule has 0 bridgehead atoms. The number of aryl methyl sites for hydroxylation is 2. The van der Waals surface area contributed by atoms with Gasteiger partial charge in [0, 0.05) is 13.6 Å². The smallest absolute Gasteiger partial charge is 0.271 e. The Labute approximate surface area is 123 Å². The van der Waals surface area contributed by atoms with Crippen LogP contribution in [-0.4, -0.2) is 22.2 Å². The summed E-state index contributed by atoms with van der Waals surface area (Å²) in [5.74, 6) is -0.512. The number of aromatic nitrogens is 2. The number of rotatable bonds is 5. The van der Waals surface area contributed by atoms with Crippen molar-refractivity contribution in [2.45, 2.75) is 19.8 Å². The van der Waals surface area contributed by atoms with Gasteiger partial charge in [0.1, 0.15) is 11.5 Å². The summed E-state index contributed by atoms with van der Waals surface area (Å²) in [5, 5.41) is 7.02. The lowest BCUT2D eigenvalue weighted by Crippen LogP contribution is -2.28. The number of hydrogen-bond acceptors (Lipinski definition) is 3. The monoisotopic (exact) mass is 290 g/mol. The van der Waals surface area contributed by atoms with Gasteiger partial charge in [0.05, 0.1) is 11.4 Å². The molecule has 0 saturated heterocycles. The first-order chi connectivity index (χ1) is 10.0. The summed E-state index contributed by atoms with van der Waals surface area (Å²) in [6.45, 7) is 2.39. The molecule has 1 heterocycles. The Morgan fingerprint density at radius 2 is 2.05 bits per heavy atom. The molecule has 0 aliphatic carbocycles. The van der Waals surface area contributed by atoms with Crippen LogP contribution in [0.15, 0.2) is 24.3 Å². The van der Waals surface area contributed by atoms with E-state index in [1.165, 1.54) is 16.8 Å². The van der Waals surface area contributed by atoms with E-state index >= 15 is 0 Å². The van der Waals surface area contributed by atoms with Crippen LogP contribution in [-0.2, 0) is 19.9 Å². The van der Waals surface area contributed by atoms with Crippen molar-refractivity contribution in [1.82, 2.24) is 15.1 Å². The Balaban J connectivity index is 1.96. The van der Waals surface area contributed by atoms with Crippen LogP contribution in [0.2, 0.25) is 0 Å². The van der Waals surface area contributed by atoms with Crippen molar-refractivity contribution in [2.24, 2.45) is 7.05 Å². The summed E-state index contributed by atoms with van der Waals surface area (Å²) in [4.78, 5) is 12.1. The fourth-order valence-corrected chi connectivity index (χ4v) is 2.18. The SMILES string of the molecule is CCc1nn(C)c(C(=O)NCCc2ccc(F)cc2)c1N. The van der Waals surface area contributed by atoms with Crippen molar-refractivity contribution in [3.63, 3.8) is 0 Å². The van der Waals surface area contributed by atoms with Crippen LogP contribution in [0.3, 0.4) is 0 Å². The van der Waals surface area contributed by atoms with E-state index in [4.69, 9.17) is 5.73 Å². The number of carbonyl (C=O) groups is 1. The van der Waals surface area contributed by atoms with E-state index < -0.39 is 0 Å². The van der Waals surface area contributed by atoms with Crippen LogP contribution in [0.1, 0.15) is 28.7 Å². The topological polar surface area (TPSA) is 72.9 Å². The third-order valence-electron chi connectivity index (χ3n) is 3.32. The molecule has 2 rings (SSSR count). The van der Waals surface area contributed by atoms with Crippen molar-refractivity contribution in [2.75, 3.05) is 12.3 Å². The molecule has 0 aliphatic rings. The van der Waals surface area contributed by atoms with Gasteiger partial charge < -0.3 is 11.1 Å². The highest BCUT2D eigenvalue weighted by Gasteiger charge is 2.18. The summed E-state index contributed by atoms with van der Waals surface area (Å²) >= 11 is 0. The number of amides is 1. The highest BCUT2D eigenvalue weighted by Crippen LogP contribution is 2.16. The largest absolute Gasteiger partial charge is 0.395 e. The number of nitrogen functional groups attached to an aromatic ring is 1. The summed E-state index contributed by atoms with van der Waals surface area (Å²) in [6, 6.07) is 6.22. The van der Waals surface area contributed by atoms with E-state index in [0.717, 1.165) is 11.3 Å². The van der Waals surface area contributed by atoms with Gasteiger partial charge in [0.25, 0.3) is 5.91 Å².